The van der Waals surface area contributed by atoms with Crippen LogP contribution in [0.2, 0.25) is 5.02 Å². The van der Waals surface area contributed by atoms with E-state index in [4.69, 9.17) is 16.3 Å². The zero-order valence-corrected chi connectivity index (χ0v) is 18.3. The maximum atomic E-state index is 9.68. The van der Waals surface area contributed by atoms with Gasteiger partial charge in [0.15, 0.2) is 0 Å². The molecule has 164 valence electrons. The van der Waals surface area contributed by atoms with Crippen LogP contribution >= 0.6 is 11.6 Å². The molecule has 0 aliphatic carbocycles. The maximum Gasteiger partial charge on any atom is 0.127 e. The lowest BCUT2D eigenvalue weighted by atomic mass is 10.1. The number of H-pyrrole nitrogens is 1. The second kappa shape index (κ2) is 10.8. The van der Waals surface area contributed by atoms with Crippen LogP contribution in [-0.2, 0) is 13.0 Å². The SMILES string of the molecule is OCC1CCCN1CC(Cc1cnc[nH]1)NCc1cccc(Oc2ccc(Cl)cc2)c1. The van der Waals surface area contributed by atoms with E-state index in [0.717, 1.165) is 61.7 Å². The van der Waals surface area contributed by atoms with Crippen molar-refractivity contribution >= 4 is 11.6 Å². The Morgan fingerprint density at radius 3 is 2.87 bits per heavy atom. The van der Waals surface area contributed by atoms with Crippen LogP contribution in [0.1, 0.15) is 24.1 Å². The molecule has 6 nitrogen and oxygen atoms in total. The number of aromatic nitrogens is 2. The molecule has 1 aliphatic heterocycles. The standard InChI is InChI=1S/C24H29ClN4O2/c25-19-6-8-23(9-7-19)31-24-5-1-3-18(11-24)13-27-21(12-20-14-26-17-28-20)15-29-10-2-4-22(29)16-30/h1,3,5-9,11,14,17,21-22,27,30H,2,4,10,12-13,15-16H2,(H,26,28). The van der Waals surface area contributed by atoms with Crippen molar-refractivity contribution in [1.29, 1.82) is 0 Å². The van der Waals surface area contributed by atoms with Gasteiger partial charge in [-0.2, -0.15) is 0 Å². The Morgan fingerprint density at radius 2 is 2.10 bits per heavy atom. The van der Waals surface area contributed by atoms with Crippen LogP contribution in [-0.4, -0.2) is 51.8 Å². The van der Waals surface area contributed by atoms with E-state index in [1.165, 1.54) is 0 Å². The maximum absolute atomic E-state index is 9.68. The monoisotopic (exact) mass is 440 g/mol. The molecule has 31 heavy (non-hydrogen) atoms. The van der Waals surface area contributed by atoms with Crippen molar-refractivity contribution in [3.63, 3.8) is 0 Å². The molecule has 0 radical (unpaired) electrons. The zero-order valence-electron chi connectivity index (χ0n) is 17.5. The van der Waals surface area contributed by atoms with Gasteiger partial charge in [0.2, 0.25) is 0 Å². The number of aliphatic hydroxyl groups excluding tert-OH is 1. The van der Waals surface area contributed by atoms with Gasteiger partial charge >= 0.3 is 0 Å². The summed E-state index contributed by atoms with van der Waals surface area (Å²) in [6.07, 6.45) is 6.66. The van der Waals surface area contributed by atoms with E-state index in [9.17, 15) is 5.11 Å². The summed E-state index contributed by atoms with van der Waals surface area (Å²) < 4.78 is 5.97. The molecule has 2 atom stereocenters. The predicted octanol–water partition coefficient (Wildman–Crippen LogP) is 4.01. The van der Waals surface area contributed by atoms with Crippen molar-refractivity contribution in [2.45, 2.75) is 37.9 Å². The van der Waals surface area contributed by atoms with E-state index in [0.29, 0.717) is 5.02 Å². The second-order valence-electron chi connectivity index (χ2n) is 8.04. The van der Waals surface area contributed by atoms with Crippen molar-refractivity contribution in [2.24, 2.45) is 0 Å². The third kappa shape index (κ3) is 6.31. The van der Waals surface area contributed by atoms with Crippen molar-refractivity contribution < 1.29 is 9.84 Å². The van der Waals surface area contributed by atoms with Crippen molar-refractivity contribution in [2.75, 3.05) is 19.7 Å². The Bertz CT molecular complexity index is 933. The summed E-state index contributed by atoms with van der Waals surface area (Å²) in [6, 6.07) is 16.0. The Kier molecular flexibility index (Phi) is 7.59. The fourth-order valence-electron chi connectivity index (χ4n) is 4.11. The number of nitrogens with zero attached hydrogens (tertiary/aromatic N) is 2. The molecular formula is C24H29ClN4O2. The van der Waals surface area contributed by atoms with E-state index >= 15 is 0 Å². The highest BCUT2D eigenvalue weighted by Crippen LogP contribution is 2.24. The fraction of sp³-hybridized carbons (Fsp3) is 0.375. The van der Waals surface area contributed by atoms with Gasteiger partial charge in [0, 0.05) is 48.5 Å². The molecule has 2 heterocycles. The number of aromatic amines is 1. The molecule has 4 rings (SSSR count). The molecule has 1 fully saturated rings. The van der Waals surface area contributed by atoms with E-state index in [2.05, 4.69) is 32.3 Å². The van der Waals surface area contributed by atoms with Gasteiger partial charge in [-0.1, -0.05) is 23.7 Å². The summed E-state index contributed by atoms with van der Waals surface area (Å²) >= 11 is 5.95. The zero-order chi connectivity index (χ0) is 21.5. The number of imidazole rings is 1. The summed E-state index contributed by atoms with van der Waals surface area (Å²) in [5.74, 6) is 1.56. The third-order valence-electron chi connectivity index (χ3n) is 5.73. The van der Waals surface area contributed by atoms with Crippen molar-refractivity contribution in [3.05, 3.63) is 77.3 Å². The van der Waals surface area contributed by atoms with Crippen LogP contribution in [0.3, 0.4) is 0 Å². The lowest BCUT2D eigenvalue weighted by Crippen LogP contribution is -2.45. The van der Waals surface area contributed by atoms with E-state index in [-0.39, 0.29) is 18.7 Å². The van der Waals surface area contributed by atoms with Gasteiger partial charge in [0.05, 0.1) is 12.9 Å². The smallest absolute Gasteiger partial charge is 0.127 e. The molecule has 1 saturated heterocycles. The number of benzene rings is 2. The van der Waals surface area contributed by atoms with Gasteiger partial charge < -0.3 is 20.1 Å². The average Bonchev–Trinajstić information content (AvgIpc) is 3.46. The lowest BCUT2D eigenvalue weighted by molar-refractivity contribution is 0.147. The largest absolute Gasteiger partial charge is 0.457 e. The molecule has 0 amide bonds. The Labute approximate surface area is 188 Å². The van der Waals surface area contributed by atoms with Gasteiger partial charge in [-0.15, -0.1) is 0 Å². The Morgan fingerprint density at radius 1 is 1.23 bits per heavy atom. The fourth-order valence-corrected chi connectivity index (χ4v) is 4.23. The summed E-state index contributed by atoms with van der Waals surface area (Å²) in [6.45, 7) is 2.89. The highest BCUT2D eigenvalue weighted by molar-refractivity contribution is 6.30. The molecule has 7 heteroatoms. The first kappa shape index (κ1) is 21.8. The normalized spacial score (nSPS) is 17.7. The van der Waals surface area contributed by atoms with Gasteiger partial charge in [0.1, 0.15) is 11.5 Å². The molecule has 3 N–H and O–H groups in total. The van der Waals surface area contributed by atoms with Crippen molar-refractivity contribution in [3.8, 4) is 11.5 Å². The van der Waals surface area contributed by atoms with Crippen LogP contribution in [0, 0.1) is 0 Å². The molecule has 0 bridgehead atoms. The van der Waals surface area contributed by atoms with Crippen LogP contribution in [0.15, 0.2) is 61.1 Å². The minimum atomic E-state index is 0.223. The second-order valence-corrected chi connectivity index (χ2v) is 8.47. The van der Waals surface area contributed by atoms with Crippen LogP contribution in [0.25, 0.3) is 0 Å². The molecule has 2 unspecified atom stereocenters. The third-order valence-corrected chi connectivity index (χ3v) is 5.98. The summed E-state index contributed by atoms with van der Waals surface area (Å²) in [5, 5.41) is 14.1. The quantitative estimate of drug-likeness (QED) is 0.444. The van der Waals surface area contributed by atoms with Gasteiger partial charge in [-0.25, -0.2) is 4.98 Å². The number of likely N-dealkylation sites (tertiary alicyclic amines) is 1. The van der Waals surface area contributed by atoms with Gasteiger partial charge in [0.25, 0.3) is 0 Å². The number of rotatable bonds is 10. The van der Waals surface area contributed by atoms with E-state index < -0.39 is 0 Å². The first-order valence-corrected chi connectivity index (χ1v) is 11.2. The number of halogens is 1. The molecule has 3 aromatic rings. The Balaban J connectivity index is 1.39. The van der Waals surface area contributed by atoms with Crippen LogP contribution in [0.5, 0.6) is 11.5 Å². The number of ether oxygens (including phenoxy) is 1. The minimum absolute atomic E-state index is 0.223. The predicted molar refractivity (Wildman–Crippen MR) is 123 cm³/mol. The summed E-state index contributed by atoms with van der Waals surface area (Å²) in [4.78, 5) is 9.76. The number of aliphatic hydroxyl groups is 1. The molecular weight excluding hydrogens is 412 g/mol. The molecule has 1 aromatic heterocycles. The van der Waals surface area contributed by atoms with E-state index in [1.54, 1.807) is 6.33 Å². The first-order chi connectivity index (χ1) is 15.2. The van der Waals surface area contributed by atoms with Crippen LogP contribution in [0.4, 0.5) is 0 Å². The number of hydrogen-bond acceptors (Lipinski definition) is 5. The highest BCUT2D eigenvalue weighted by Gasteiger charge is 2.26. The lowest BCUT2D eigenvalue weighted by Gasteiger charge is -2.28. The summed E-state index contributed by atoms with van der Waals surface area (Å²) in [5.41, 5.74) is 2.26. The molecule has 0 spiro atoms. The number of nitrogens with one attached hydrogen (secondary N) is 2. The van der Waals surface area contributed by atoms with Crippen LogP contribution < -0.4 is 10.1 Å². The first-order valence-electron chi connectivity index (χ1n) is 10.8. The topological polar surface area (TPSA) is 73.4 Å². The van der Waals surface area contributed by atoms with Gasteiger partial charge in [-0.3, -0.25) is 4.90 Å². The molecule has 2 aromatic carbocycles. The highest BCUT2D eigenvalue weighted by atomic mass is 35.5. The molecule has 0 saturated carbocycles. The summed E-state index contributed by atoms with van der Waals surface area (Å²) in [7, 11) is 0. The molecule has 1 aliphatic rings. The Hall–Kier alpha value is -2.38. The van der Waals surface area contributed by atoms with Gasteiger partial charge in [-0.05, 0) is 61.3 Å². The van der Waals surface area contributed by atoms with E-state index in [1.807, 2.05) is 42.6 Å². The van der Waals surface area contributed by atoms with Crippen molar-refractivity contribution in [1.82, 2.24) is 20.2 Å². The minimum Gasteiger partial charge on any atom is -0.457 e. The average molecular weight is 441 g/mol. The number of hydrogen-bond donors (Lipinski definition) is 3.